The maximum atomic E-state index is 12.1. The van der Waals surface area contributed by atoms with Crippen LogP contribution in [-0.4, -0.2) is 42.8 Å². The Hall–Kier alpha value is -3.81. The highest BCUT2D eigenvalue weighted by Crippen LogP contribution is 2.29. The summed E-state index contributed by atoms with van der Waals surface area (Å²) in [6.45, 7) is 4.86. The highest BCUT2D eigenvalue weighted by Gasteiger charge is 2.15. The Kier molecular flexibility index (Phi) is 6.16. The van der Waals surface area contributed by atoms with Gasteiger partial charge in [0, 0.05) is 24.7 Å². The second-order valence-electron chi connectivity index (χ2n) is 7.12. The van der Waals surface area contributed by atoms with Gasteiger partial charge in [-0.15, -0.1) is 10.2 Å². The number of hydrogen-bond donors (Lipinski definition) is 1. The van der Waals surface area contributed by atoms with E-state index in [0.29, 0.717) is 24.7 Å². The lowest BCUT2D eigenvalue weighted by Gasteiger charge is -2.10. The van der Waals surface area contributed by atoms with E-state index in [4.69, 9.17) is 4.74 Å². The molecule has 0 amide bonds. The van der Waals surface area contributed by atoms with Gasteiger partial charge in [0.2, 0.25) is 5.82 Å². The molecule has 0 saturated heterocycles. The Morgan fingerprint density at radius 1 is 1.06 bits per heavy atom. The Morgan fingerprint density at radius 3 is 2.52 bits per heavy atom. The number of imidazole rings is 1. The lowest BCUT2D eigenvalue weighted by Crippen LogP contribution is -2.05. The van der Waals surface area contributed by atoms with E-state index in [2.05, 4.69) is 56.8 Å². The van der Waals surface area contributed by atoms with Crippen LogP contribution in [0.4, 0.5) is 0 Å². The lowest BCUT2D eigenvalue weighted by atomic mass is 9.98. The molecule has 31 heavy (non-hydrogen) atoms. The zero-order valence-electron chi connectivity index (χ0n) is 17.6. The Morgan fingerprint density at radius 2 is 1.84 bits per heavy atom. The zero-order valence-corrected chi connectivity index (χ0v) is 17.6. The van der Waals surface area contributed by atoms with Crippen molar-refractivity contribution in [1.82, 2.24) is 30.2 Å². The van der Waals surface area contributed by atoms with Gasteiger partial charge >= 0.3 is 5.97 Å². The molecule has 0 spiro atoms. The Labute approximate surface area is 180 Å². The van der Waals surface area contributed by atoms with Crippen molar-refractivity contribution in [3.05, 3.63) is 71.8 Å². The SMILES string of the molecule is CCCc1nc(C(=O)OCC)cn1Cc1ccc(-c2ccccc2-c2nn[nH]n2)cc1. The van der Waals surface area contributed by atoms with Gasteiger partial charge in [0.1, 0.15) is 5.82 Å². The molecule has 4 rings (SSSR count). The van der Waals surface area contributed by atoms with Crippen molar-refractivity contribution < 1.29 is 9.53 Å². The van der Waals surface area contributed by atoms with Crippen LogP contribution in [0.3, 0.4) is 0 Å². The van der Waals surface area contributed by atoms with Gasteiger partial charge in [0.15, 0.2) is 5.69 Å². The van der Waals surface area contributed by atoms with Crippen molar-refractivity contribution in [2.24, 2.45) is 0 Å². The zero-order chi connectivity index (χ0) is 21.6. The topological polar surface area (TPSA) is 98.6 Å². The van der Waals surface area contributed by atoms with Gasteiger partial charge in [-0.05, 0) is 35.2 Å². The number of carbonyl (C=O) groups excluding carboxylic acids is 1. The predicted octanol–water partition coefficient (Wildman–Crippen LogP) is 3.91. The first-order valence-corrected chi connectivity index (χ1v) is 10.3. The van der Waals surface area contributed by atoms with E-state index in [-0.39, 0.29) is 5.97 Å². The molecule has 0 atom stereocenters. The quantitative estimate of drug-likeness (QED) is 0.437. The summed E-state index contributed by atoms with van der Waals surface area (Å²) < 4.78 is 7.13. The van der Waals surface area contributed by atoms with E-state index in [0.717, 1.165) is 40.9 Å². The maximum Gasteiger partial charge on any atom is 0.358 e. The molecule has 0 unspecified atom stereocenters. The number of rotatable bonds is 8. The normalized spacial score (nSPS) is 10.9. The third kappa shape index (κ3) is 4.53. The molecule has 1 N–H and O–H groups in total. The van der Waals surface area contributed by atoms with Crippen LogP contribution in [0.25, 0.3) is 22.5 Å². The molecule has 8 heteroatoms. The number of H-pyrrole nitrogens is 1. The molecular formula is C23H24N6O2. The van der Waals surface area contributed by atoms with Crippen molar-refractivity contribution in [2.45, 2.75) is 33.2 Å². The van der Waals surface area contributed by atoms with Crippen LogP contribution >= 0.6 is 0 Å². The van der Waals surface area contributed by atoms with Gasteiger partial charge in [-0.3, -0.25) is 0 Å². The number of carbonyl (C=O) groups is 1. The molecule has 158 valence electrons. The Bertz CT molecular complexity index is 1150. The van der Waals surface area contributed by atoms with Crippen molar-refractivity contribution in [3.8, 4) is 22.5 Å². The summed E-state index contributed by atoms with van der Waals surface area (Å²) in [7, 11) is 0. The van der Waals surface area contributed by atoms with E-state index < -0.39 is 0 Å². The smallest absolute Gasteiger partial charge is 0.358 e. The highest BCUT2D eigenvalue weighted by molar-refractivity contribution is 5.87. The summed E-state index contributed by atoms with van der Waals surface area (Å²) in [6.07, 6.45) is 3.53. The average Bonchev–Trinajstić information content (AvgIpc) is 3.46. The fourth-order valence-electron chi connectivity index (χ4n) is 3.51. The van der Waals surface area contributed by atoms with Gasteiger partial charge in [0.05, 0.1) is 6.61 Å². The largest absolute Gasteiger partial charge is 0.461 e. The van der Waals surface area contributed by atoms with Gasteiger partial charge in [-0.25, -0.2) is 9.78 Å². The molecular weight excluding hydrogens is 392 g/mol. The van der Waals surface area contributed by atoms with Crippen LogP contribution in [0.15, 0.2) is 54.7 Å². The van der Waals surface area contributed by atoms with Crippen molar-refractivity contribution in [1.29, 1.82) is 0 Å². The Balaban J connectivity index is 1.58. The van der Waals surface area contributed by atoms with Crippen LogP contribution in [0.5, 0.6) is 0 Å². The van der Waals surface area contributed by atoms with Crippen LogP contribution in [-0.2, 0) is 17.7 Å². The maximum absolute atomic E-state index is 12.1. The molecule has 2 aromatic heterocycles. The van der Waals surface area contributed by atoms with Crippen LogP contribution in [0, 0.1) is 0 Å². The number of nitrogens with one attached hydrogen (secondary N) is 1. The fraction of sp³-hybridized carbons (Fsp3) is 0.261. The number of hydrogen-bond acceptors (Lipinski definition) is 6. The molecule has 0 bridgehead atoms. The minimum Gasteiger partial charge on any atom is -0.461 e. The monoisotopic (exact) mass is 416 g/mol. The number of esters is 1. The number of ether oxygens (including phenoxy) is 1. The van der Waals surface area contributed by atoms with E-state index >= 15 is 0 Å². The summed E-state index contributed by atoms with van der Waals surface area (Å²) in [4.78, 5) is 16.6. The minimum atomic E-state index is -0.382. The van der Waals surface area contributed by atoms with Gasteiger partial charge in [0.25, 0.3) is 0 Å². The van der Waals surface area contributed by atoms with Gasteiger partial charge in [-0.2, -0.15) is 5.21 Å². The van der Waals surface area contributed by atoms with Crippen LogP contribution in [0.2, 0.25) is 0 Å². The minimum absolute atomic E-state index is 0.335. The number of nitrogens with zero attached hydrogens (tertiary/aromatic N) is 5. The summed E-state index contributed by atoms with van der Waals surface area (Å²) in [5.74, 6) is 1.07. The number of aromatic nitrogens is 6. The van der Waals surface area contributed by atoms with Crippen molar-refractivity contribution in [2.75, 3.05) is 6.61 Å². The number of aryl methyl sites for hydroxylation is 1. The van der Waals surface area contributed by atoms with Gasteiger partial charge < -0.3 is 9.30 Å². The first-order valence-electron chi connectivity index (χ1n) is 10.3. The lowest BCUT2D eigenvalue weighted by molar-refractivity contribution is 0.0520. The standard InChI is InChI=1S/C23H24N6O2/c1-3-7-21-24-20(23(30)31-4-2)15-29(21)14-16-10-12-17(13-11-16)18-8-5-6-9-19(18)22-25-27-28-26-22/h5-6,8-13,15H,3-4,7,14H2,1-2H3,(H,25,26,27,28). The van der Waals surface area contributed by atoms with Crippen molar-refractivity contribution in [3.63, 3.8) is 0 Å². The van der Waals surface area contributed by atoms with Gasteiger partial charge in [-0.1, -0.05) is 55.5 Å². The van der Waals surface area contributed by atoms with E-state index in [1.54, 1.807) is 13.1 Å². The summed E-state index contributed by atoms with van der Waals surface area (Å²) in [5.41, 5.74) is 4.50. The number of aromatic amines is 1. The third-order valence-electron chi connectivity index (χ3n) is 4.95. The first-order chi connectivity index (χ1) is 15.2. The van der Waals surface area contributed by atoms with Crippen LogP contribution in [0.1, 0.15) is 42.1 Å². The number of tetrazole rings is 1. The first kappa shape index (κ1) is 20.5. The van der Waals surface area contributed by atoms with E-state index in [9.17, 15) is 4.79 Å². The molecule has 0 aliphatic heterocycles. The molecule has 0 aliphatic carbocycles. The van der Waals surface area contributed by atoms with E-state index in [1.807, 2.05) is 28.8 Å². The number of benzene rings is 2. The van der Waals surface area contributed by atoms with Crippen LogP contribution < -0.4 is 0 Å². The highest BCUT2D eigenvalue weighted by atomic mass is 16.5. The molecule has 0 saturated carbocycles. The fourth-order valence-corrected chi connectivity index (χ4v) is 3.51. The average molecular weight is 416 g/mol. The summed E-state index contributed by atoms with van der Waals surface area (Å²) in [5, 5.41) is 14.4. The molecule has 0 fully saturated rings. The summed E-state index contributed by atoms with van der Waals surface area (Å²) in [6, 6.07) is 16.3. The molecule has 0 aliphatic rings. The second kappa shape index (κ2) is 9.34. The van der Waals surface area contributed by atoms with E-state index in [1.165, 1.54) is 0 Å². The summed E-state index contributed by atoms with van der Waals surface area (Å²) >= 11 is 0. The predicted molar refractivity (Wildman–Crippen MR) is 116 cm³/mol. The molecule has 8 nitrogen and oxygen atoms in total. The molecule has 4 aromatic rings. The molecule has 2 heterocycles. The third-order valence-corrected chi connectivity index (χ3v) is 4.95. The molecule has 0 radical (unpaired) electrons. The van der Waals surface area contributed by atoms with Crippen molar-refractivity contribution >= 4 is 5.97 Å². The molecule has 2 aromatic carbocycles. The second-order valence-corrected chi connectivity index (χ2v) is 7.12.